The van der Waals surface area contributed by atoms with E-state index in [0.29, 0.717) is 10.8 Å². The van der Waals surface area contributed by atoms with Gasteiger partial charge in [0.2, 0.25) is 0 Å². The van der Waals surface area contributed by atoms with Gasteiger partial charge in [-0.1, -0.05) is 23.2 Å². The van der Waals surface area contributed by atoms with Crippen LogP contribution in [0.1, 0.15) is 6.92 Å². The van der Waals surface area contributed by atoms with Crippen LogP contribution in [-0.4, -0.2) is 24.1 Å². The number of rotatable bonds is 3. The summed E-state index contributed by atoms with van der Waals surface area (Å²) in [4.78, 5) is 15.1. The highest BCUT2D eigenvalue weighted by molar-refractivity contribution is 6.34. The predicted molar refractivity (Wildman–Crippen MR) is 59.4 cm³/mol. The van der Waals surface area contributed by atoms with E-state index in [4.69, 9.17) is 23.2 Å². The first-order chi connectivity index (χ1) is 7.02. The SMILES string of the molecule is COC(=O)C(C)Nc1cc(Cl)cc(Cl)n1. The summed E-state index contributed by atoms with van der Waals surface area (Å²) in [7, 11) is 1.32. The first-order valence-corrected chi connectivity index (χ1v) is 4.96. The van der Waals surface area contributed by atoms with Gasteiger partial charge in [-0.2, -0.15) is 0 Å². The molecule has 0 saturated heterocycles. The van der Waals surface area contributed by atoms with Crippen LogP contribution in [0.2, 0.25) is 10.2 Å². The minimum absolute atomic E-state index is 0.266. The molecule has 82 valence electrons. The molecule has 0 bridgehead atoms. The van der Waals surface area contributed by atoms with Gasteiger partial charge in [0.15, 0.2) is 0 Å². The molecule has 4 nitrogen and oxygen atoms in total. The first-order valence-electron chi connectivity index (χ1n) is 4.20. The standard InChI is InChI=1S/C9H10Cl2N2O2/c1-5(9(14)15-2)12-8-4-6(10)3-7(11)13-8/h3-5H,1-2H3,(H,12,13). The number of carbonyl (C=O) groups excluding carboxylic acids is 1. The molecule has 1 rings (SSSR count). The fourth-order valence-electron chi connectivity index (χ4n) is 0.997. The highest BCUT2D eigenvalue weighted by atomic mass is 35.5. The molecule has 1 atom stereocenters. The number of anilines is 1. The van der Waals surface area contributed by atoms with E-state index in [1.165, 1.54) is 13.2 Å². The minimum Gasteiger partial charge on any atom is -0.467 e. The van der Waals surface area contributed by atoms with Crippen LogP contribution in [0.3, 0.4) is 0 Å². The lowest BCUT2D eigenvalue weighted by Crippen LogP contribution is -2.27. The summed E-state index contributed by atoms with van der Waals surface area (Å²) in [6.45, 7) is 1.66. The molecule has 1 N–H and O–H groups in total. The van der Waals surface area contributed by atoms with Crippen LogP contribution < -0.4 is 5.32 Å². The van der Waals surface area contributed by atoms with Gasteiger partial charge in [0, 0.05) is 5.02 Å². The molecule has 1 unspecified atom stereocenters. The molecule has 1 aromatic heterocycles. The third kappa shape index (κ3) is 3.57. The van der Waals surface area contributed by atoms with Crippen molar-refractivity contribution in [1.29, 1.82) is 0 Å². The third-order valence-electron chi connectivity index (χ3n) is 1.68. The molecule has 0 aliphatic carbocycles. The number of aromatic nitrogens is 1. The van der Waals surface area contributed by atoms with E-state index in [9.17, 15) is 4.79 Å². The summed E-state index contributed by atoms with van der Waals surface area (Å²) in [6.07, 6.45) is 0. The molecule has 0 radical (unpaired) electrons. The number of methoxy groups -OCH3 is 1. The Balaban J connectivity index is 2.76. The zero-order valence-corrected chi connectivity index (χ0v) is 9.76. The number of nitrogens with one attached hydrogen (secondary N) is 1. The number of hydrogen-bond donors (Lipinski definition) is 1. The number of carbonyl (C=O) groups is 1. The average molecular weight is 249 g/mol. The Morgan fingerprint density at radius 2 is 2.20 bits per heavy atom. The summed E-state index contributed by atoms with van der Waals surface area (Å²) < 4.78 is 4.55. The monoisotopic (exact) mass is 248 g/mol. The molecule has 0 spiro atoms. The highest BCUT2D eigenvalue weighted by Gasteiger charge is 2.13. The molecule has 0 aromatic carbocycles. The summed E-state index contributed by atoms with van der Waals surface area (Å²) in [5, 5.41) is 3.54. The Hall–Kier alpha value is -1.00. The van der Waals surface area contributed by atoms with Crippen molar-refractivity contribution >= 4 is 35.0 Å². The fourth-order valence-corrected chi connectivity index (χ4v) is 1.47. The van der Waals surface area contributed by atoms with Crippen LogP contribution in [0.5, 0.6) is 0 Å². The fraction of sp³-hybridized carbons (Fsp3) is 0.333. The van der Waals surface area contributed by atoms with Gasteiger partial charge in [0.1, 0.15) is 17.0 Å². The molecule has 6 heteroatoms. The van der Waals surface area contributed by atoms with E-state index in [1.54, 1.807) is 13.0 Å². The lowest BCUT2D eigenvalue weighted by Gasteiger charge is -2.12. The second-order valence-corrected chi connectivity index (χ2v) is 3.71. The molecule has 0 saturated carbocycles. The lowest BCUT2D eigenvalue weighted by molar-refractivity contribution is -0.141. The lowest BCUT2D eigenvalue weighted by atomic mass is 10.3. The van der Waals surface area contributed by atoms with Crippen LogP contribution >= 0.6 is 23.2 Å². The first kappa shape index (κ1) is 12.1. The molecule has 1 heterocycles. The van der Waals surface area contributed by atoms with Crippen LogP contribution in [-0.2, 0) is 9.53 Å². The molecule has 0 aliphatic rings. The molecular weight excluding hydrogens is 239 g/mol. The number of halogens is 2. The second-order valence-electron chi connectivity index (χ2n) is 2.88. The molecule has 15 heavy (non-hydrogen) atoms. The van der Waals surface area contributed by atoms with Crippen molar-refractivity contribution in [3.8, 4) is 0 Å². The van der Waals surface area contributed by atoms with Crippen molar-refractivity contribution in [2.24, 2.45) is 0 Å². The highest BCUT2D eigenvalue weighted by Crippen LogP contribution is 2.18. The van der Waals surface area contributed by atoms with Gasteiger partial charge in [-0.05, 0) is 19.1 Å². The summed E-state index contributed by atoms with van der Waals surface area (Å²) in [6, 6.07) is 2.58. The van der Waals surface area contributed by atoms with Crippen LogP contribution in [0, 0.1) is 0 Å². The molecule has 0 amide bonds. The van der Waals surface area contributed by atoms with E-state index < -0.39 is 6.04 Å². The Bertz CT molecular complexity index is 351. The topological polar surface area (TPSA) is 51.2 Å². The Labute approximate surface area is 97.5 Å². The number of nitrogens with zero attached hydrogens (tertiary/aromatic N) is 1. The largest absolute Gasteiger partial charge is 0.467 e. The van der Waals surface area contributed by atoms with Crippen LogP contribution in [0.4, 0.5) is 5.82 Å². The van der Waals surface area contributed by atoms with Gasteiger partial charge in [0.25, 0.3) is 0 Å². The van der Waals surface area contributed by atoms with Crippen molar-refractivity contribution < 1.29 is 9.53 Å². The van der Waals surface area contributed by atoms with Gasteiger partial charge in [-0.3, -0.25) is 0 Å². The summed E-state index contributed by atoms with van der Waals surface area (Å²) >= 11 is 11.5. The van der Waals surface area contributed by atoms with E-state index in [0.717, 1.165) is 0 Å². The summed E-state index contributed by atoms with van der Waals surface area (Å²) in [5.74, 6) is 0.0540. The van der Waals surface area contributed by atoms with Crippen molar-refractivity contribution in [2.75, 3.05) is 12.4 Å². The normalized spacial score (nSPS) is 12.0. The van der Waals surface area contributed by atoms with Gasteiger partial charge in [0.05, 0.1) is 7.11 Å². The van der Waals surface area contributed by atoms with E-state index >= 15 is 0 Å². The zero-order chi connectivity index (χ0) is 11.4. The average Bonchev–Trinajstić information content (AvgIpc) is 2.14. The van der Waals surface area contributed by atoms with Gasteiger partial charge in [-0.15, -0.1) is 0 Å². The summed E-state index contributed by atoms with van der Waals surface area (Å²) in [5.41, 5.74) is 0. The van der Waals surface area contributed by atoms with Crippen molar-refractivity contribution in [3.05, 3.63) is 22.3 Å². The van der Waals surface area contributed by atoms with E-state index in [2.05, 4.69) is 15.0 Å². The van der Waals surface area contributed by atoms with E-state index in [1.807, 2.05) is 0 Å². The Morgan fingerprint density at radius 3 is 2.73 bits per heavy atom. The smallest absolute Gasteiger partial charge is 0.328 e. The van der Waals surface area contributed by atoms with Crippen molar-refractivity contribution in [1.82, 2.24) is 4.98 Å². The molecule has 0 aliphatic heterocycles. The van der Waals surface area contributed by atoms with E-state index in [-0.39, 0.29) is 11.1 Å². The maximum atomic E-state index is 11.1. The maximum absolute atomic E-state index is 11.1. The van der Waals surface area contributed by atoms with Gasteiger partial charge < -0.3 is 10.1 Å². The van der Waals surface area contributed by atoms with Crippen LogP contribution in [0.25, 0.3) is 0 Å². The van der Waals surface area contributed by atoms with Crippen molar-refractivity contribution in [3.63, 3.8) is 0 Å². The second kappa shape index (κ2) is 5.19. The number of esters is 1. The maximum Gasteiger partial charge on any atom is 0.328 e. The Morgan fingerprint density at radius 1 is 1.53 bits per heavy atom. The number of ether oxygens (including phenoxy) is 1. The van der Waals surface area contributed by atoms with Crippen molar-refractivity contribution in [2.45, 2.75) is 13.0 Å². The van der Waals surface area contributed by atoms with Gasteiger partial charge >= 0.3 is 5.97 Å². The quantitative estimate of drug-likeness (QED) is 0.660. The molecule has 0 fully saturated rings. The zero-order valence-electron chi connectivity index (χ0n) is 8.25. The third-order valence-corrected chi connectivity index (χ3v) is 2.09. The molecule has 1 aromatic rings. The van der Waals surface area contributed by atoms with Gasteiger partial charge in [-0.25, -0.2) is 9.78 Å². The number of hydrogen-bond acceptors (Lipinski definition) is 4. The predicted octanol–water partition coefficient (Wildman–Crippen LogP) is 2.36. The molecular formula is C9H10Cl2N2O2. The van der Waals surface area contributed by atoms with Crippen LogP contribution in [0.15, 0.2) is 12.1 Å². The minimum atomic E-state index is -0.503. The number of pyridine rings is 1. The Kier molecular flexibility index (Phi) is 4.17.